The van der Waals surface area contributed by atoms with Crippen molar-refractivity contribution in [3.8, 4) is 11.8 Å². The molecule has 4 heteroatoms. The number of rotatable bonds is 0. The Labute approximate surface area is 63.2 Å². The number of hydrogen-bond acceptors (Lipinski definition) is 3. The molecule has 2 heterocycles. The van der Waals surface area contributed by atoms with Crippen molar-refractivity contribution in [1.82, 2.24) is 4.98 Å². The highest BCUT2D eigenvalue weighted by atomic mass is 16.3. The second-order valence-electron chi connectivity index (χ2n) is 2.39. The van der Waals surface area contributed by atoms with E-state index in [2.05, 4.69) is 10.3 Å². The van der Waals surface area contributed by atoms with Gasteiger partial charge >= 0.3 is 0 Å². The zero-order valence-electron chi connectivity index (χ0n) is 5.76. The molecule has 0 saturated carbocycles. The maximum Gasteiger partial charge on any atom is 0.216 e. The van der Waals surface area contributed by atoms with E-state index < -0.39 is 0 Å². The smallest absolute Gasteiger partial charge is 0.216 e. The largest absolute Gasteiger partial charge is 0.494 e. The highest BCUT2D eigenvalue weighted by Gasteiger charge is 2.15. The quantitative estimate of drug-likeness (QED) is 0.445. The van der Waals surface area contributed by atoms with Crippen molar-refractivity contribution in [1.29, 1.82) is 0 Å². The third-order valence-corrected chi connectivity index (χ3v) is 1.68. The third kappa shape index (κ3) is 0.756. The highest BCUT2D eigenvalue weighted by Crippen LogP contribution is 2.36. The lowest BCUT2D eigenvalue weighted by Crippen LogP contribution is -2.01. The lowest BCUT2D eigenvalue weighted by atomic mass is 10.2. The van der Waals surface area contributed by atoms with Crippen LogP contribution in [0.5, 0.6) is 11.8 Å². The van der Waals surface area contributed by atoms with E-state index in [1.165, 1.54) is 0 Å². The fraction of sp³-hybridized carbons (Fsp3) is 0.143. The molecular weight excluding hydrogens is 144 g/mol. The van der Waals surface area contributed by atoms with Crippen molar-refractivity contribution in [2.24, 2.45) is 0 Å². The first-order valence-corrected chi connectivity index (χ1v) is 3.33. The van der Waals surface area contributed by atoms with E-state index in [0.29, 0.717) is 17.8 Å². The van der Waals surface area contributed by atoms with E-state index in [1.54, 1.807) is 6.08 Å². The number of aromatic hydroxyl groups is 2. The number of aromatic amines is 1. The lowest BCUT2D eigenvalue weighted by molar-refractivity contribution is 0.425. The molecule has 0 aromatic carbocycles. The first kappa shape index (κ1) is 6.15. The second kappa shape index (κ2) is 1.95. The Morgan fingerprint density at radius 3 is 2.82 bits per heavy atom. The van der Waals surface area contributed by atoms with E-state index in [4.69, 9.17) is 5.11 Å². The Morgan fingerprint density at radius 2 is 2.09 bits per heavy atom. The molecule has 0 radical (unpaired) electrons. The average Bonchev–Trinajstić information content (AvgIpc) is 2.30. The SMILES string of the molecule is Oc1[nH]c(O)c2c1C=CCN2. The summed E-state index contributed by atoms with van der Waals surface area (Å²) in [6.07, 6.45) is 3.63. The van der Waals surface area contributed by atoms with Crippen LogP contribution in [0.25, 0.3) is 6.08 Å². The first-order valence-electron chi connectivity index (χ1n) is 3.33. The zero-order chi connectivity index (χ0) is 7.84. The Morgan fingerprint density at radius 1 is 1.27 bits per heavy atom. The molecular formula is C7H8N2O2. The van der Waals surface area contributed by atoms with Gasteiger partial charge in [0.25, 0.3) is 0 Å². The molecule has 0 fully saturated rings. The van der Waals surface area contributed by atoms with Gasteiger partial charge in [-0.2, -0.15) is 0 Å². The second-order valence-corrected chi connectivity index (χ2v) is 2.39. The molecule has 11 heavy (non-hydrogen) atoms. The van der Waals surface area contributed by atoms with Crippen LogP contribution >= 0.6 is 0 Å². The standard InChI is InChI=1S/C7H8N2O2/c10-6-4-2-1-3-8-5(4)7(11)9-6/h1-2,8-11H,3H2. The van der Waals surface area contributed by atoms with Gasteiger partial charge in [-0.05, 0) is 6.08 Å². The van der Waals surface area contributed by atoms with Gasteiger partial charge in [0.2, 0.25) is 11.8 Å². The Balaban J connectivity index is 2.63. The number of aromatic nitrogens is 1. The van der Waals surface area contributed by atoms with Crippen LogP contribution in [-0.4, -0.2) is 21.7 Å². The molecule has 1 aromatic rings. The van der Waals surface area contributed by atoms with Crippen LogP contribution < -0.4 is 5.32 Å². The average molecular weight is 152 g/mol. The lowest BCUT2D eigenvalue weighted by Gasteiger charge is -2.06. The number of anilines is 1. The molecule has 1 aliphatic heterocycles. The molecule has 0 aliphatic carbocycles. The van der Waals surface area contributed by atoms with Crippen LogP contribution in [0.1, 0.15) is 5.56 Å². The van der Waals surface area contributed by atoms with Crippen molar-refractivity contribution in [2.75, 3.05) is 11.9 Å². The Hall–Kier alpha value is -1.58. The summed E-state index contributed by atoms with van der Waals surface area (Å²) in [6, 6.07) is 0. The molecule has 2 rings (SSSR count). The molecule has 4 N–H and O–H groups in total. The molecule has 0 unspecified atom stereocenters. The molecule has 0 bridgehead atoms. The predicted octanol–water partition coefficient (Wildman–Crippen LogP) is 0.865. The summed E-state index contributed by atoms with van der Waals surface area (Å²) in [6.45, 7) is 0.678. The van der Waals surface area contributed by atoms with Crippen LogP contribution in [-0.2, 0) is 0 Å². The number of H-pyrrole nitrogens is 1. The van der Waals surface area contributed by atoms with Gasteiger partial charge in [0, 0.05) is 6.54 Å². The molecule has 4 nitrogen and oxygen atoms in total. The van der Waals surface area contributed by atoms with Crippen molar-refractivity contribution >= 4 is 11.8 Å². The van der Waals surface area contributed by atoms with Crippen molar-refractivity contribution in [3.63, 3.8) is 0 Å². The molecule has 0 spiro atoms. The Kier molecular flexibility index (Phi) is 1.09. The third-order valence-electron chi connectivity index (χ3n) is 1.68. The van der Waals surface area contributed by atoms with Gasteiger partial charge < -0.3 is 15.5 Å². The van der Waals surface area contributed by atoms with Gasteiger partial charge in [0.15, 0.2) is 0 Å². The van der Waals surface area contributed by atoms with Crippen molar-refractivity contribution in [2.45, 2.75) is 0 Å². The van der Waals surface area contributed by atoms with Crippen LogP contribution in [0.2, 0.25) is 0 Å². The summed E-state index contributed by atoms with van der Waals surface area (Å²) in [5.41, 5.74) is 1.19. The van der Waals surface area contributed by atoms with Crippen LogP contribution in [0.15, 0.2) is 6.08 Å². The summed E-state index contributed by atoms with van der Waals surface area (Å²) in [7, 11) is 0. The van der Waals surface area contributed by atoms with Crippen LogP contribution in [0, 0.1) is 0 Å². The van der Waals surface area contributed by atoms with Crippen LogP contribution in [0.4, 0.5) is 5.69 Å². The molecule has 0 atom stereocenters. The zero-order valence-corrected chi connectivity index (χ0v) is 5.76. The summed E-state index contributed by atoms with van der Waals surface area (Å²) in [5, 5.41) is 21.3. The van der Waals surface area contributed by atoms with Gasteiger partial charge in [0.1, 0.15) is 5.69 Å². The van der Waals surface area contributed by atoms with Gasteiger partial charge in [-0.15, -0.1) is 0 Å². The monoisotopic (exact) mass is 152 g/mol. The normalized spacial score (nSPS) is 14.2. The first-order chi connectivity index (χ1) is 5.29. The molecule has 1 aromatic heterocycles. The number of hydrogen-bond donors (Lipinski definition) is 4. The topological polar surface area (TPSA) is 68.3 Å². The van der Waals surface area contributed by atoms with E-state index in [0.717, 1.165) is 0 Å². The minimum atomic E-state index is -0.0122. The van der Waals surface area contributed by atoms with E-state index in [-0.39, 0.29) is 11.8 Å². The van der Waals surface area contributed by atoms with Gasteiger partial charge in [-0.25, -0.2) is 0 Å². The van der Waals surface area contributed by atoms with Crippen LogP contribution in [0.3, 0.4) is 0 Å². The van der Waals surface area contributed by atoms with Gasteiger partial charge in [-0.1, -0.05) is 6.08 Å². The van der Waals surface area contributed by atoms with Gasteiger partial charge in [-0.3, -0.25) is 4.98 Å². The molecule has 1 aliphatic rings. The predicted molar refractivity (Wildman–Crippen MR) is 41.6 cm³/mol. The summed E-state index contributed by atoms with van der Waals surface area (Å²) < 4.78 is 0. The van der Waals surface area contributed by atoms with Crippen molar-refractivity contribution in [3.05, 3.63) is 11.6 Å². The summed E-state index contributed by atoms with van der Waals surface area (Å²) in [5.74, 6) is -0.0113. The number of fused-ring (bicyclic) bond motifs is 1. The molecule has 0 amide bonds. The summed E-state index contributed by atoms with van der Waals surface area (Å²) in [4.78, 5) is 2.42. The van der Waals surface area contributed by atoms with E-state index in [1.807, 2.05) is 6.08 Å². The van der Waals surface area contributed by atoms with Crippen molar-refractivity contribution < 1.29 is 10.2 Å². The maximum atomic E-state index is 9.17. The Bertz CT molecular complexity index is 314. The maximum absolute atomic E-state index is 9.17. The fourth-order valence-corrected chi connectivity index (χ4v) is 1.17. The minimum absolute atomic E-state index is 0.000880. The molecule has 58 valence electrons. The highest BCUT2D eigenvalue weighted by molar-refractivity contribution is 5.78. The number of nitrogens with one attached hydrogen (secondary N) is 2. The molecule has 0 saturated heterocycles. The fourth-order valence-electron chi connectivity index (χ4n) is 1.17. The summed E-state index contributed by atoms with van der Waals surface area (Å²) >= 11 is 0. The minimum Gasteiger partial charge on any atom is -0.494 e. The van der Waals surface area contributed by atoms with E-state index >= 15 is 0 Å². The van der Waals surface area contributed by atoms with Gasteiger partial charge in [0.05, 0.1) is 5.56 Å². The van der Waals surface area contributed by atoms with E-state index in [9.17, 15) is 5.11 Å².